The van der Waals surface area contributed by atoms with Crippen molar-refractivity contribution in [1.29, 1.82) is 0 Å². The molecule has 0 atom stereocenters. The van der Waals surface area contributed by atoms with Crippen LogP contribution in [0, 0.1) is 5.82 Å². The number of hydrogen-bond acceptors (Lipinski definition) is 3. The first-order valence-electron chi connectivity index (χ1n) is 7.26. The minimum absolute atomic E-state index is 0.283. The van der Waals surface area contributed by atoms with Gasteiger partial charge in [-0.2, -0.15) is 10.2 Å². The summed E-state index contributed by atoms with van der Waals surface area (Å²) < 4.78 is 16.5. The first-order chi connectivity index (χ1) is 11.1. The number of rotatable bonds is 5. The molecule has 7 heteroatoms. The first kappa shape index (κ1) is 15.0. The van der Waals surface area contributed by atoms with Gasteiger partial charge in [0.1, 0.15) is 5.82 Å². The molecule has 0 bridgehead atoms. The number of hydrogen-bond donors (Lipinski definition) is 1. The van der Waals surface area contributed by atoms with Gasteiger partial charge in [-0.05, 0) is 30.7 Å². The van der Waals surface area contributed by atoms with Crippen molar-refractivity contribution in [2.24, 2.45) is 0 Å². The average molecular weight is 313 g/mol. The number of aryl methyl sites for hydroxylation is 1. The van der Waals surface area contributed by atoms with E-state index in [1.54, 1.807) is 40.1 Å². The molecule has 23 heavy (non-hydrogen) atoms. The fourth-order valence-electron chi connectivity index (χ4n) is 2.19. The number of nitrogens with one attached hydrogen (secondary N) is 1. The summed E-state index contributed by atoms with van der Waals surface area (Å²) in [5.74, 6) is -0.572. The SMILES string of the molecule is CCn1ccc(C(=O)Nc2cnn(Cc3cccc(F)c3)c2)n1. The van der Waals surface area contributed by atoms with Crippen LogP contribution in [0.2, 0.25) is 0 Å². The zero-order valence-electron chi connectivity index (χ0n) is 12.6. The number of amides is 1. The summed E-state index contributed by atoms with van der Waals surface area (Å²) in [4.78, 5) is 12.1. The number of carbonyl (C=O) groups excluding carboxylic acids is 1. The van der Waals surface area contributed by atoms with E-state index in [1.165, 1.54) is 12.1 Å². The Kier molecular flexibility index (Phi) is 4.18. The molecule has 6 nitrogen and oxygen atoms in total. The quantitative estimate of drug-likeness (QED) is 0.787. The third-order valence-corrected chi connectivity index (χ3v) is 3.32. The molecule has 3 aromatic rings. The molecule has 2 heterocycles. The Morgan fingerprint density at radius 1 is 1.30 bits per heavy atom. The maximum atomic E-state index is 13.2. The molecule has 1 aromatic carbocycles. The van der Waals surface area contributed by atoms with E-state index < -0.39 is 0 Å². The minimum atomic E-state index is -0.289. The summed E-state index contributed by atoms with van der Waals surface area (Å²) in [6.07, 6.45) is 5.00. The fraction of sp³-hybridized carbons (Fsp3) is 0.188. The van der Waals surface area contributed by atoms with Crippen molar-refractivity contribution >= 4 is 11.6 Å². The predicted molar refractivity (Wildman–Crippen MR) is 83.6 cm³/mol. The number of anilines is 1. The minimum Gasteiger partial charge on any atom is -0.318 e. The van der Waals surface area contributed by atoms with E-state index in [4.69, 9.17) is 0 Å². The van der Waals surface area contributed by atoms with Crippen LogP contribution in [-0.2, 0) is 13.1 Å². The van der Waals surface area contributed by atoms with Crippen molar-refractivity contribution in [2.45, 2.75) is 20.0 Å². The Labute approximate surface area is 132 Å². The largest absolute Gasteiger partial charge is 0.318 e. The standard InChI is InChI=1S/C16H16FN5O/c1-2-21-7-6-15(20-21)16(23)19-14-9-18-22(11-14)10-12-4-3-5-13(17)8-12/h3-9,11H,2,10H2,1H3,(H,19,23). The smallest absolute Gasteiger partial charge is 0.276 e. The molecular weight excluding hydrogens is 297 g/mol. The van der Waals surface area contributed by atoms with Gasteiger partial charge in [0.25, 0.3) is 5.91 Å². The summed E-state index contributed by atoms with van der Waals surface area (Å²) in [6.45, 7) is 3.09. The highest BCUT2D eigenvalue weighted by molar-refractivity contribution is 6.02. The Balaban J connectivity index is 1.66. The molecule has 0 fully saturated rings. The van der Waals surface area contributed by atoms with E-state index in [0.29, 0.717) is 24.5 Å². The summed E-state index contributed by atoms with van der Waals surface area (Å²) in [7, 11) is 0. The van der Waals surface area contributed by atoms with E-state index >= 15 is 0 Å². The van der Waals surface area contributed by atoms with Crippen LogP contribution in [0.25, 0.3) is 0 Å². The van der Waals surface area contributed by atoms with Gasteiger partial charge >= 0.3 is 0 Å². The van der Waals surface area contributed by atoms with Crippen LogP contribution in [-0.4, -0.2) is 25.5 Å². The van der Waals surface area contributed by atoms with Gasteiger partial charge in [-0.25, -0.2) is 4.39 Å². The predicted octanol–water partition coefficient (Wildman–Crippen LogP) is 2.54. The van der Waals surface area contributed by atoms with Crippen molar-refractivity contribution in [3.05, 3.63) is 66.0 Å². The molecule has 0 unspecified atom stereocenters. The molecule has 2 aromatic heterocycles. The Bertz CT molecular complexity index is 823. The Morgan fingerprint density at radius 2 is 2.17 bits per heavy atom. The topological polar surface area (TPSA) is 64.7 Å². The highest BCUT2D eigenvalue weighted by Gasteiger charge is 2.10. The first-order valence-corrected chi connectivity index (χ1v) is 7.26. The molecule has 1 amide bonds. The van der Waals surface area contributed by atoms with Gasteiger partial charge in [0.2, 0.25) is 0 Å². The number of benzene rings is 1. The van der Waals surface area contributed by atoms with E-state index in [9.17, 15) is 9.18 Å². The van der Waals surface area contributed by atoms with Crippen LogP contribution in [0.1, 0.15) is 23.0 Å². The lowest BCUT2D eigenvalue weighted by Crippen LogP contribution is -2.13. The second kappa shape index (κ2) is 6.43. The Hall–Kier alpha value is -2.96. The summed E-state index contributed by atoms with van der Waals surface area (Å²) in [5.41, 5.74) is 1.72. The lowest BCUT2D eigenvalue weighted by molar-refractivity contribution is 0.102. The van der Waals surface area contributed by atoms with Gasteiger partial charge in [0.15, 0.2) is 5.69 Å². The molecule has 0 spiro atoms. The van der Waals surface area contributed by atoms with E-state index in [2.05, 4.69) is 15.5 Å². The number of halogens is 1. The van der Waals surface area contributed by atoms with E-state index in [0.717, 1.165) is 5.56 Å². The van der Waals surface area contributed by atoms with Crippen LogP contribution < -0.4 is 5.32 Å². The molecule has 0 saturated carbocycles. The highest BCUT2D eigenvalue weighted by Crippen LogP contribution is 2.10. The third kappa shape index (κ3) is 3.63. The fourth-order valence-corrected chi connectivity index (χ4v) is 2.19. The third-order valence-electron chi connectivity index (χ3n) is 3.32. The maximum absolute atomic E-state index is 13.2. The van der Waals surface area contributed by atoms with Gasteiger partial charge in [-0.15, -0.1) is 0 Å². The average Bonchev–Trinajstić information content (AvgIpc) is 3.16. The number of carbonyl (C=O) groups is 1. The van der Waals surface area contributed by atoms with Crippen molar-refractivity contribution in [3.8, 4) is 0 Å². The maximum Gasteiger partial charge on any atom is 0.276 e. The lowest BCUT2D eigenvalue weighted by atomic mass is 10.2. The summed E-state index contributed by atoms with van der Waals surface area (Å²) in [5, 5.41) is 11.0. The van der Waals surface area contributed by atoms with Crippen molar-refractivity contribution in [2.75, 3.05) is 5.32 Å². The van der Waals surface area contributed by atoms with Gasteiger partial charge in [0, 0.05) is 18.9 Å². The van der Waals surface area contributed by atoms with Crippen LogP contribution in [0.15, 0.2) is 48.9 Å². The molecule has 0 aliphatic rings. The van der Waals surface area contributed by atoms with Crippen molar-refractivity contribution < 1.29 is 9.18 Å². The van der Waals surface area contributed by atoms with Crippen molar-refractivity contribution in [3.63, 3.8) is 0 Å². The molecular formula is C16H16FN5O. The molecule has 0 saturated heterocycles. The van der Waals surface area contributed by atoms with E-state index in [-0.39, 0.29) is 11.7 Å². The monoisotopic (exact) mass is 313 g/mol. The molecule has 0 aliphatic carbocycles. The van der Waals surface area contributed by atoms with Gasteiger partial charge < -0.3 is 5.32 Å². The second-order valence-corrected chi connectivity index (χ2v) is 5.07. The molecule has 1 N–H and O–H groups in total. The molecule has 118 valence electrons. The molecule has 3 rings (SSSR count). The van der Waals surface area contributed by atoms with E-state index in [1.807, 2.05) is 13.0 Å². The second-order valence-electron chi connectivity index (χ2n) is 5.07. The van der Waals surface area contributed by atoms with Crippen molar-refractivity contribution in [1.82, 2.24) is 19.6 Å². The molecule has 0 aliphatic heterocycles. The Morgan fingerprint density at radius 3 is 2.91 bits per heavy atom. The van der Waals surface area contributed by atoms with Gasteiger partial charge in [-0.3, -0.25) is 14.2 Å². The number of aromatic nitrogens is 4. The zero-order chi connectivity index (χ0) is 16.2. The van der Waals surface area contributed by atoms with Gasteiger partial charge in [0.05, 0.1) is 18.4 Å². The van der Waals surface area contributed by atoms with Crippen LogP contribution in [0.3, 0.4) is 0 Å². The summed E-state index contributed by atoms with van der Waals surface area (Å²) >= 11 is 0. The normalized spacial score (nSPS) is 10.7. The zero-order valence-corrected chi connectivity index (χ0v) is 12.6. The number of nitrogens with zero attached hydrogens (tertiary/aromatic N) is 4. The summed E-state index contributed by atoms with van der Waals surface area (Å²) in [6, 6.07) is 7.99. The molecule has 0 radical (unpaired) electrons. The van der Waals surface area contributed by atoms with Crippen LogP contribution >= 0.6 is 0 Å². The highest BCUT2D eigenvalue weighted by atomic mass is 19.1. The van der Waals surface area contributed by atoms with Crippen LogP contribution in [0.4, 0.5) is 10.1 Å². The lowest BCUT2D eigenvalue weighted by Gasteiger charge is -2.02. The van der Waals surface area contributed by atoms with Gasteiger partial charge in [-0.1, -0.05) is 12.1 Å². The van der Waals surface area contributed by atoms with Crippen LogP contribution in [0.5, 0.6) is 0 Å².